The van der Waals surface area contributed by atoms with Crippen LogP contribution in [-0.2, 0) is 0 Å². The molecule has 1 rings (SSSR count). The van der Waals surface area contributed by atoms with Crippen molar-refractivity contribution in [2.45, 2.75) is 5.92 Å². The molecule has 0 spiro atoms. The van der Waals surface area contributed by atoms with Gasteiger partial charge in [0.25, 0.3) is 0 Å². The Kier molecular flexibility index (Phi) is 3.69. The Morgan fingerprint density at radius 1 is 1.57 bits per heavy atom. The van der Waals surface area contributed by atoms with Crippen molar-refractivity contribution in [2.24, 2.45) is 0 Å². The van der Waals surface area contributed by atoms with Gasteiger partial charge in [-0.3, -0.25) is 4.39 Å². The molecule has 75 valence electrons. The monoisotopic (exact) mass is 193 g/mol. The third-order valence-electron chi connectivity index (χ3n) is 2.13. The highest BCUT2D eigenvalue weighted by molar-refractivity contribution is 5.59. The van der Waals surface area contributed by atoms with Crippen LogP contribution in [0.2, 0.25) is 0 Å². The zero-order valence-corrected chi connectivity index (χ0v) is 8.29. The van der Waals surface area contributed by atoms with Gasteiger partial charge >= 0.3 is 0 Å². The molecule has 0 amide bonds. The maximum absolute atomic E-state index is 12.5. The number of benzene rings is 1. The lowest BCUT2D eigenvalue weighted by molar-refractivity contribution is 0.397. The van der Waals surface area contributed by atoms with Crippen LogP contribution in [-0.4, -0.2) is 13.8 Å². The van der Waals surface area contributed by atoms with E-state index in [0.29, 0.717) is 5.75 Å². The van der Waals surface area contributed by atoms with Crippen LogP contribution in [0.4, 0.5) is 4.39 Å². The standard InChI is InChI=1S/C12H14FO/c1-4-10-6-5-7-11(9(2)8-13)12(10)14-3/h4-7,9H,1-2,8H2,3H3. The van der Waals surface area contributed by atoms with Crippen LogP contribution in [0.25, 0.3) is 6.08 Å². The van der Waals surface area contributed by atoms with Gasteiger partial charge in [0.15, 0.2) is 0 Å². The molecule has 0 aromatic heterocycles. The van der Waals surface area contributed by atoms with E-state index >= 15 is 0 Å². The van der Waals surface area contributed by atoms with E-state index in [-0.39, 0.29) is 5.92 Å². The first-order chi connectivity index (χ1) is 6.74. The number of alkyl halides is 1. The van der Waals surface area contributed by atoms with Gasteiger partial charge < -0.3 is 4.74 Å². The topological polar surface area (TPSA) is 9.23 Å². The highest BCUT2D eigenvalue weighted by Crippen LogP contribution is 2.30. The third-order valence-corrected chi connectivity index (χ3v) is 2.13. The van der Waals surface area contributed by atoms with E-state index in [0.717, 1.165) is 11.1 Å². The van der Waals surface area contributed by atoms with Gasteiger partial charge in [0, 0.05) is 17.0 Å². The van der Waals surface area contributed by atoms with E-state index in [2.05, 4.69) is 13.5 Å². The van der Waals surface area contributed by atoms with Crippen molar-refractivity contribution in [2.75, 3.05) is 13.8 Å². The Labute approximate surface area is 84.2 Å². The molecule has 2 heteroatoms. The summed E-state index contributed by atoms with van der Waals surface area (Å²) in [5.74, 6) is 0.282. The molecule has 0 saturated carbocycles. The maximum Gasteiger partial charge on any atom is 0.129 e. The van der Waals surface area contributed by atoms with Crippen LogP contribution in [0.15, 0.2) is 24.8 Å². The van der Waals surface area contributed by atoms with Gasteiger partial charge in [-0.25, -0.2) is 0 Å². The van der Waals surface area contributed by atoms with Crippen LogP contribution >= 0.6 is 0 Å². The van der Waals surface area contributed by atoms with E-state index in [1.54, 1.807) is 13.2 Å². The summed E-state index contributed by atoms with van der Waals surface area (Å²) < 4.78 is 17.7. The Morgan fingerprint density at radius 2 is 2.29 bits per heavy atom. The summed E-state index contributed by atoms with van der Waals surface area (Å²) in [6.45, 7) is 6.90. The first kappa shape index (κ1) is 10.8. The van der Waals surface area contributed by atoms with Crippen molar-refractivity contribution < 1.29 is 9.13 Å². The van der Waals surface area contributed by atoms with Gasteiger partial charge in [-0.1, -0.05) is 30.9 Å². The summed E-state index contributed by atoms with van der Waals surface area (Å²) in [7, 11) is 1.57. The fourth-order valence-corrected chi connectivity index (χ4v) is 1.37. The number of hydrogen-bond acceptors (Lipinski definition) is 1. The molecule has 1 nitrogen and oxygen atoms in total. The lowest BCUT2D eigenvalue weighted by Gasteiger charge is -2.14. The Balaban J connectivity index is 3.21. The summed E-state index contributed by atoms with van der Waals surface area (Å²) in [6, 6.07) is 5.55. The number of methoxy groups -OCH3 is 1. The van der Waals surface area contributed by atoms with Crippen molar-refractivity contribution in [3.63, 3.8) is 0 Å². The molecule has 0 aliphatic heterocycles. The second kappa shape index (κ2) is 4.80. The van der Waals surface area contributed by atoms with Crippen LogP contribution in [0.5, 0.6) is 5.75 Å². The van der Waals surface area contributed by atoms with Crippen molar-refractivity contribution in [1.29, 1.82) is 0 Å². The second-order valence-electron chi connectivity index (χ2n) is 3.03. The molecule has 1 atom stereocenters. The summed E-state index contributed by atoms with van der Waals surface area (Å²) in [5.41, 5.74) is 1.65. The lowest BCUT2D eigenvalue weighted by Crippen LogP contribution is -2.00. The molecule has 1 radical (unpaired) electrons. The van der Waals surface area contributed by atoms with Gasteiger partial charge in [0.1, 0.15) is 5.75 Å². The fourth-order valence-electron chi connectivity index (χ4n) is 1.37. The fraction of sp³-hybridized carbons (Fsp3) is 0.250. The van der Waals surface area contributed by atoms with Crippen molar-refractivity contribution in [1.82, 2.24) is 0 Å². The Hall–Kier alpha value is -1.31. The zero-order chi connectivity index (χ0) is 10.6. The van der Waals surface area contributed by atoms with E-state index in [1.807, 2.05) is 18.2 Å². The molecular weight excluding hydrogens is 179 g/mol. The average molecular weight is 193 g/mol. The maximum atomic E-state index is 12.5. The normalized spacial score (nSPS) is 12.2. The molecule has 0 bridgehead atoms. The number of hydrogen-bond donors (Lipinski definition) is 0. The first-order valence-corrected chi connectivity index (χ1v) is 4.43. The molecular formula is C12H14FO. The molecule has 0 saturated heterocycles. The second-order valence-corrected chi connectivity index (χ2v) is 3.03. The van der Waals surface area contributed by atoms with Crippen LogP contribution in [0.1, 0.15) is 17.0 Å². The summed E-state index contributed by atoms with van der Waals surface area (Å²) in [4.78, 5) is 0. The van der Waals surface area contributed by atoms with Gasteiger partial charge in [-0.15, -0.1) is 0 Å². The minimum Gasteiger partial charge on any atom is -0.496 e. The smallest absolute Gasteiger partial charge is 0.129 e. The van der Waals surface area contributed by atoms with E-state index in [9.17, 15) is 4.39 Å². The van der Waals surface area contributed by atoms with Crippen molar-refractivity contribution >= 4 is 6.08 Å². The van der Waals surface area contributed by atoms with Crippen LogP contribution in [0, 0.1) is 6.92 Å². The molecule has 0 fully saturated rings. The molecule has 0 heterocycles. The minimum atomic E-state index is -0.489. The SMILES string of the molecule is [CH2]C(CF)c1cccc(C=C)c1OC. The van der Waals surface area contributed by atoms with Crippen molar-refractivity contribution in [3.8, 4) is 5.75 Å². The molecule has 0 N–H and O–H groups in total. The predicted molar refractivity (Wildman–Crippen MR) is 57.2 cm³/mol. The van der Waals surface area contributed by atoms with Gasteiger partial charge in [-0.2, -0.15) is 0 Å². The largest absolute Gasteiger partial charge is 0.496 e. The quantitative estimate of drug-likeness (QED) is 0.713. The van der Waals surface area contributed by atoms with Gasteiger partial charge in [0.2, 0.25) is 0 Å². The molecule has 0 aliphatic rings. The van der Waals surface area contributed by atoms with Gasteiger partial charge in [0.05, 0.1) is 13.8 Å². The van der Waals surface area contributed by atoms with E-state index < -0.39 is 6.67 Å². The average Bonchev–Trinajstić information content (AvgIpc) is 2.26. The molecule has 0 aliphatic carbocycles. The predicted octanol–water partition coefficient (Wildman–Crippen LogP) is 3.23. The van der Waals surface area contributed by atoms with Gasteiger partial charge in [-0.05, 0) is 6.92 Å². The lowest BCUT2D eigenvalue weighted by atomic mass is 9.98. The Bertz CT molecular complexity index is 320. The summed E-state index contributed by atoms with van der Waals surface area (Å²) in [5, 5.41) is 0. The molecule has 1 aromatic rings. The van der Waals surface area contributed by atoms with Crippen LogP contribution in [0.3, 0.4) is 0 Å². The highest BCUT2D eigenvalue weighted by atomic mass is 19.1. The molecule has 1 aromatic carbocycles. The number of para-hydroxylation sites is 1. The number of rotatable bonds is 4. The zero-order valence-electron chi connectivity index (χ0n) is 8.29. The highest BCUT2D eigenvalue weighted by Gasteiger charge is 2.12. The van der Waals surface area contributed by atoms with Crippen molar-refractivity contribution in [3.05, 3.63) is 42.8 Å². The third kappa shape index (κ3) is 1.95. The Morgan fingerprint density at radius 3 is 2.79 bits per heavy atom. The van der Waals surface area contributed by atoms with E-state index in [1.165, 1.54) is 0 Å². The summed E-state index contributed by atoms with van der Waals surface area (Å²) >= 11 is 0. The first-order valence-electron chi connectivity index (χ1n) is 4.43. The molecule has 14 heavy (non-hydrogen) atoms. The van der Waals surface area contributed by atoms with E-state index in [4.69, 9.17) is 4.74 Å². The van der Waals surface area contributed by atoms with Crippen LogP contribution < -0.4 is 4.74 Å². The minimum absolute atomic E-state index is 0.384. The number of halogens is 1. The number of ether oxygens (including phenoxy) is 1. The molecule has 1 unspecified atom stereocenters. The summed E-state index contributed by atoms with van der Waals surface area (Å²) in [6.07, 6.45) is 1.69.